The second-order valence-corrected chi connectivity index (χ2v) is 10.4. The highest BCUT2D eigenvalue weighted by atomic mass is 31.1. The van der Waals surface area contributed by atoms with Crippen molar-refractivity contribution in [3.8, 4) is 0 Å². The minimum Gasteiger partial charge on any atom is -0.408 e. The fourth-order valence-electron chi connectivity index (χ4n) is 5.66. The second-order valence-electron chi connectivity index (χ2n) is 9.00. The number of nitrogens with zero attached hydrogens (tertiary/aromatic N) is 1. The van der Waals surface area contributed by atoms with Gasteiger partial charge in [0.05, 0.1) is 0 Å². The summed E-state index contributed by atoms with van der Waals surface area (Å²) in [7, 11) is -1.08. The van der Waals surface area contributed by atoms with Crippen LogP contribution in [-0.4, -0.2) is 13.1 Å². The fourth-order valence-corrected chi connectivity index (χ4v) is 7.17. The molecule has 4 heteroatoms. The van der Waals surface area contributed by atoms with Crippen molar-refractivity contribution in [2.75, 3.05) is 17.8 Å². The van der Waals surface area contributed by atoms with Crippen LogP contribution in [0.3, 0.4) is 0 Å². The molecule has 152 valence electrons. The van der Waals surface area contributed by atoms with Gasteiger partial charge in [0.1, 0.15) is 11.2 Å². The van der Waals surface area contributed by atoms with E-state index in [-0.39, 0.29) is 0 Å². The van der Waals surface area contributed by atoms with Gasteiger partial charge in [0.15, 0.2) is 0 Å². The van der Waals surface area contributed by atoms with Crippen LogP contribution in [0, 0.1) is 0 Å². The maximum Gasteiger partial charge on any atom is 0.309 e. The fraction of sp³-hybridized carbons (Fsp3) is 0.520. The Labute approximate surface area is 173 Å². The van der Waals surface area contributed by atoms with Gasteiger partial charge < -0.3 is 8.39 Å². The number of hydrogen-bond donors (Lipinski definition) is 0. The summed E-state index contributed by atoms with van der Waals surface area (Å²) in [4.78, 5) is 0. The zero-order valence-electron chi connectivity index (χ0n) is 17.2. The Morgan fingerprint density at radius 1 is 0.586 bits per heavy atom. The van der Waals surface area contributed by atoms with E-state index in [1.54, 1.807) is 0 Å². The molecule has 0 amide bonds. The molecular weight excluding hydrogens is 377 g/mol. The van der Waals surface area contributed by atoms with E-state index in [0.717, 1.165) is 24.3 Å². The van der Waals surface area contributed by atoms with Crippen LogP contribution >= 0.6 is 8.16 Å². The Hall–Kier alpha value is -1.70. The third-order valence-corrected chi connectivity index (χ3v) is 8.72. The molecule has 1 aromatic heterocycles. The molecule has 2 heterocycles. The predicted octanol–water partition coefficient (Wildman–Crippen LogP) is 7.17. The summed E-state index contributed by atoms with van der Waals surface area (Å²) in [6, 6.07) is 9.16. The highest BCUT2D eigenvalue weighted by Gasteiger charge is 2.23. The van der Waals surface area contributed by atoms with Gasteiger partial charge in [-0.3, -0.25) is 0 Å². The van der Waals surface area contributed by atoms with Crippen molar-refractivity contribution in [2.45, 2.75) is 70.6 Å². The molecule has 29 heavy (non-hydrogen) atoms. The number of benzene rings is 2. The lowest BCUT2D eigenvalue weighted by atomic mass is 9.84. The predicted molar refractivity (Wildman–Crippen MR) is 121 cm³/mol. The third kappa shape index (κ3) is 3.14. The molecule has 0 unspecified atom stereocenters. The maximum atomic E-state index is 6.70. The molecule has 2 aliphatic carbocycles. The highest BCUT2D eigenvalue weighted by molar-refractivity contribution is 7.38. The minimum atomic E-state index is -1.08. The molecule has 0 bridgehead atoms. The van der Waals surface area contributed by atoms with E-state index in [1.807, 2.05) is 0 Å². The zero-order chi connectivity index (χ0) is 19.2. The Morgan fingerprint density at radius 3 is 1.66 bits per heavy atom. The Morgan fingerprint density at radius 2 is 1.10 bits per heavy atom. The molecular formula is C25H30NO2P. The van der Waals surface area contributed by atoms with Crippen LogP contribution < -0.4 is 4.67 Å². The van der Waals surface area contributed by atoms with Crippen molar-refractivity contribution in [1.29, 1.82) is 0 Å². The molecule has 3 aliphatic rings. The number of fused-ring (bicyclic) bond motifs is 7. The van der Waals surface area contributed by atoms with Gasteiger partial charge >= 0.3 is 8.16 Å². The van der Waals surface area contributed by atoms with Crippen LogP contribution in [0.4, 0.5) is 0 Å². The minimum absolute atomic E-state index is 1.07. The van der Waals surface area contributed by atoms with Crippen molar-refractivity contribution < 1.29 is 8.39 Å². The Bertz CT molecular complexity index is 1030. The number of aryl methyl sites for hydroxylation is 4. The van der Waals surface area contributed by atoms with Gasteiger partial charge in [0, 0.05) is 23.9 Å². The standard InChI is InChI=1S/C25H30NO2P/c1-6-16-26(17-7-1)29-27-22-14-12-18-8-2-4-10-20(18)24(22)25-21-11-5-3-9-19(21)13-15-23(25)28-29/h12-15H,1-11,16-17H2. The lowest BCUT2D eigenvalue weighted by Crippen LogP contribution is -2.26. The SMILES string of the molecule is c1cc2op(N3CCCCC3)oc3ccc4c(c3c2c2c1CCCC2)CCCC4. The quantitative estimate of drug-likeness (QED) is 0.428. The smallest absolute Gasteiger partial charge is 0.309 e. The van der Waals surface area contributed by atoms with Crippen molar-refractivity contribution in [3.05, 3.63) is 46.5 Å². The van der Waals surface area contributed by atoms with Gasteiger partial charge in [0.25, 0.3) is 0 Å². The van der Waals surface area contributed by atoms with Crippen LogP contribution in [0.5, 0.6) is 0 Å². The van der Waals surface area contributed by atoms with Gasteiger partial charge in [-0.25, -0.2) is 4.67 Å². The maximum absolute atomic E-state index is 6.70. The van der Waals surface area contributed by atoms with Gasteiger partial charge in [-0.2, -0.15) is 0 Å². The molecule has 1 aliphatic heterocycles. The summed E-state index contributed by atoms with van der Waals surface area (Å²) >= 11 is 0. The largest absolute Gasteiger partial charge is 0.408 e. The normalized spacial score (nSPS) is 19.9. The first-order chi connectivity index (χ1) is 14.4. The van der Waals surface area contributed by atoms with Crippen molar-refractivity contribution in [2.24, 2.45) is 0 Å². The molecule has 0 N–H and O–H groups in total. The molecule has 0 spiro atoms. The first-order valence-corrected chi connectivity index (χ1v) is 12.7. The van der Waals surface area contributed by atoms with E-state index in [1.165, 1.54) is 104 Å². The first-order valence-electron chi connectivity index (χ1n) is 11.6. The number of hydrogen-bond acceptors (Lipinski definition) is 3. The lowest BCUT2D eigenvalue weighted by Gasteiger charge is -2.22. The molecule has 1 fully saturated rings. The summed E-state index contributed by atoms with van der Waals surface area (Å²) in [5.41, 5.74) is 8.27. The average Bonchev–Trinajstić information content (AvgIpc) is 2.97. The van der Waals surface area contributed by atoms with E-state index in [2.05, 4.69) is 28.9 Å². The average molecular weight is 407 g/mol. The second kappa shape index (κ2) is 7.52. The van der Waals surface area contributed by atoms with Gasteiger partial charge in [-0.15, -0.1) is 0 Å². The van der Waals surface area contributed by atoms with Crippen LogP contribution in [0.15, 0.2) is 32.7 Å². The van der Waals surface area contributed by atoms with E-state index in [4.69, 9.17) is 8.39 Å². The molecule has 0 atom stereocenters. The molecule has 6 rings (SSSR count). The third-order valence-electron chi connectivity index (χ3n) is 7.16. The molecule has 2 aromatic carbocycles. The monoisotopic (exact) mass is 407 g/mol. The topological polar surface area (TPSA) is 29.5 Å². The molecule has 0 radical (unpaired) electrons. The summed E-state index contributed by atoms with van der Waals surface area (Å²) in [5, 5.41) is 2.75. The van der Waals surface area contributed by atoms with E-state index in [0.29, 0.717) is 0 Å². The Balaban J connectivity index is 1.73. The summed E-state index contributed by atoms with van der Waals surface area (Å²) in [6.07, 6.45) is 13.8. The van der Waals surface area contributed by atoms with Crippen LogP contribution in [0.2, 0.25) is 0 Å². The van der Waals surface area contributed by atoms with Gasteiger partial charge in [-0.05, 0) is 98.6 Å². The molecule has 3 aromatic rings. The number of piperidine rings is 1. The summed E-state index contributed by atoms with van der Waals surface area (Å²) in [5.74, 6) is 0. The van der Waals surface area contributed by atoms with Crippen molar-refractivity contribution in [1.82, 2.24) is 0 Å². The highest BCUT2D eigenvalue weighted by Crippen LogP contribution is 2.43. The Kier molecular flexibility index (Phi) is 4.70. The van der Waals surface area contributed by atoms with E-state index >= 15 is 0 Å². The van der Waals surface area contributed by atoms with Crippen LogP contribution in [-0.2, 0) is 25.7 Å². The van der Waals surface area contributed by atoms with Crippen molar-refractivity contribution >= 4 is 30.1 Å². The zero-order valence-corrected chi connectivity index (χ0v) is 18.1. The van der Waals surface area contributed by atoms with Gasteiger partial charge in [-0.1, -0.05) is 18.6 Å². The number of rotatable bonds is 1. The molecule has 1 saturated heterocycles. The van der Waals surface area contributed by atoms with Crippen molar-refractivity contribution in [3.63, 3.8) is 0 Å². The first kappa shape index (κ1) is 18.1. The molecule has 3 nitrogen and oxygen atoms in total. The summed E-state index contributed by atoms with van der Waals surface area (Å²) < 4.78 is 15.9. The van der Waals surface area contributed by atoms with Crippen LogP contribution in [0.1, 0.15) is 67.2 Å². The van der Waals surface area contributed by atoms with Gasteiger partial charge in [0.2, 0.25) is 0 Å². The lowest BCUT2D eigenvalue weighted by molar-refractivity contribution is 0.559. The van der Waals surface area contributed by atoms with Crippen LogP contribution in [0.25, 0.3) is 21.9 Å². The molecule has 0 saturated carbocycles. The van der Waals surface area contributed by atoms with E-state index < -0.39 is 8.16 Å². The van der Waals surface area contributed by atoms with E-state index in [9.17, 15) is 0 Å². The summed E-state index contributed by atoms with van der Waals surface area (Å²) in [6.45, 7) is 2.18.